The maximum absolute atomic E-state index is 11.7. The molecule has 1 aromatic heterocycles. The molecule has 1 amide bonds. The van der Waals surface area contributed by atoms with Gasteiger partial charge in [0.15, 0.2) is 5.82 Å². The number of hydrogen-bond donors (Lipinski definition) is 1. The fourth-order valence-electron chi connectivity index (χ4n) is 2.83. The lowest BCUT2D eigenvalue weighted by Gasteiger charge is -2.18. The van der Waals surface area contributed by atoms with Crippen molar-refractivity contribution in [1.82, 2.24) is 14.9 Å². The predicted molar refractivity (Wildman–Crippen MR) is 93.1 cm³/mol. The number of amides is 1. The zero-order valence-electron chi connectivity index (χ0n) is 13.3. The van der Waals surface area contributed by atoms with Crippen LogP contribution in [0.25, 0.3) is 10.8 Å². The average Bonchev–Trinajstić information content (AvgIpc) is 3.03. The SMILES string of the molecule is COc1ccc2cc(C(C)c3nnc4n3NC(=O)CS4)ccc2c1. The molecule has 122 valence electrons. The van der Waals surface area contributed by atoms with Crippen molar-refractivity contribution in [1.29, 1.82) is 0 Å². The van der Waals surface area contributed by atoms with Crippen LogP contribution in [0.3, 0.4) is 0 Å². The molecule has 0 saturated heterocycles. The van der Waals surface area contributed by atoms with Gasteiger partial charge < -0.3 is 4.74 Å². The van der Waals surface area contributed by atoms with Gasteiger partial charge in [0.2, 0.25) is 11.1 Å². The van der Waals surface area contributed by atoms with E-state index in [4.69, 9.17) is 4.74 Å². The van der Waals surface area contributed by atoms with Crippen molar-refractivity contribution in [3.8, 4) is 5.75 Å². The summed E-state index contributed by atoms with van der Waals surface area (Å²) in [5.41, 5.74) is 3.94. The number of nitrogens with one attached hydrogen (secondary N) is 1. The summed E-state index contributed by atoms with van der Waals surface area (Å²) in [7, 11) is 1.67. The highest BCUT2D eigenvalue weighted by Crippen LogP contribution is 2.30. The minimum Gasteiger partial charge on any atom is -0.497 e. The zero-order valence-corrected chi connectivity index (χ0v) is 14.1. The van der Waals surface area contributed by atoms with Crippen molar-refractivity contribution in [2.24, 2.45) is 0 Å². The largest absolute Gasteiger partial charge is 0.497 e. The lowest BCUT2D eigenvalue weighted by atomic mass is 9.97. The molecule has 0 spiro atoms. The van der Waals surface area contributed by atoms with Gasteiger partial charge in [-0.25, -0.2) is 4.68 Å². The Labute approximate surface area is 143 Å². The molecule has 6 nitrogen and oxygen atoms in total. The number of nitrogens with zero attached hydrogens (tertiary/aromatic N) is 3. The molecule has 1 aliphatic heterocycles. The predicted octanol–water partition coefficient (Wildman–Crippen LogP) is 2.77. The first kappa shape index (κ1) is 15.0. The fraction of sp³-hybridized carbons (Fsp3) is 0.235. The number of hydrogen-bond acceptors (Lipinski definition) is 5. The van der Waals surface area contributed by atoms with E-state index in [2.05, 4.69) is 40.7 Å². The van der Waals surface area contributed by atoms with Gasteiger partial charge in [-0.15, -0.1) is 10.2 Å². The number of rotatable bonds is 3. The Morgan fingerprint density at radius 3 is 2.83 bits per heavy atom. The summed E-state index contributed by atoms with van der Waals surface area (Å²) >= 11 is 1.40. The highest BCUT2D eigenvalue weighted by atomic mass is 32.2. The Kier molecular flexibility index (Phi) is 3.65. The maximum atomic E-state index is 11.7. The van der Waals surface area contributed by atoms with Crippen LogP contribution in [0.2, 0.25) is 0 Å². The number of aromatic nitrogens is 3. The minimum atomic E-state index is -0.0358. The quantitative estimate of drug-likeness (QED) is 0.794. The van der Waals surface area contributed by atoms with Crippen LogP contribution in [-0.2, 0) is 4.79 Å². The van der Waals surface area contributed by atoms with E-state index in [1.807, 2.05) is 18.2 Å². The Morgan fingerprint density at radius 1 is 1.21 bits per heavy atom. The van der Waals surface area contributed by atoms with E-state index in [1.54, 1.807) is 11.8 Å². The van der Waals surface area contributed by atoms with Crippen LogP contribution in [0, 0.1) is 0 Å². The summed E-state index contributed by atoms with van der Waals surface area (Å²) < 4.78 is 6.96. The van der Waals surface area contributed by atoms with Gasteiger partial charge in [-0.2, -0.15) is 0 Å². The molecule has 24 heavy (non-hydrogen) atoms. The van der Waals surface area contributed by atoms with Gasteiger partial charge in [-0.05, 0) is 28.5 Å². The lowest BCUT2D eigenvalue weighted by Crippen LogP contribution is -2.31. The summed E-state index contributed by atoms with van der Waals surface area (Å²) in [6, 6.07) is 12.3. The molecule has 0 saturated carbocycles. The normalized spacial score (nSPS) is 15.0. The third kappa shape index (κ3) is 2.50. The lowest BCUT2D eigenvalue weighted by molar-refractivity contribution is -0.115. The van der Waals surface area contributed by atoms with Crippen molar-refractivity contribution in [3.63, 3.8) is 0 Å². The van der Waals surface area contributed by atoms with E-state index in [9.17, 15) is 4.79 Å². The summed E-state index contributed by atoms with van der Waals surface area (Å²) in [6.45, 7) is 2.06. The summed E-state index contributed by atoms with van der Waals surface area (Å²) in [4.78, 5) is 11.7. The van der Waals surface area contributed by atoms with Crippen molar-refractivity contribution in [3.05, 3.63) is 47.8 Å². The third-order valence-corrected chi connectivity index (χ3v) is 5.11. The molecular weight excluding hydrogens is 324 g/mol. The smallest absolute Gasteiger partial charge is 0.249 e. The second-order valence-electron chi connectivity index (χ2n) is 5.69. The van der Waals surface area contributed by atoms with Crippen molar-refractivity contribution < 1.29 is 9.53 Å². The number of ether oxygens (including phenoxy) is 1. The molecule has 1 aliphatic rings. The Balaban J connectivity index is 1.72. The number of carbonyl (C=O) groups excluding carboxylic acids is 1. The number of methoxy groups -OCH3 is 1. The molecule has 0 fully saturated rings. The van der Waals surface area contributed by atoms with Gasteiger partial charge in [-0.3, -0.25) is 10.2 Å². The molecule has 3 aromatic rings. The number of benzene rings is 2. The van der Waals surface area contributed by atoms with Crippen LogP contribution < -0.4 is 10.2 Å². The van der Waals surface area contributed by atoms with Crippen molar-refractivity contribution in [2.75, 3.05) is 18.3 Å². The van der Waals surface area contributed by atoms with E-state index in [0.29, 0.717) is 5.75 Å². The highest BCUT2D eigenvalue weighted by Gasteiger charge is 2.24. The van der Waals surface area contributed by atoms with Gasteiger partial charge in [0.05, 0.1) is 12.9 Å². The molecule has 1 atom stereocenters. The van der Waals surface area contributed by atoms with Crippen LogP contribution in [-0.4, -0.2) is 33.6 Å². The average molecular weight is 340 g/mol. The highest BCUT2D eigenvalue weighted by molar-refractivity contribution is 7.99. The van der Waals surface area contributed by atoms with Gasteiger partial charge in [-0.1, -0.05) is 43.0 Å². The summed E-state index contributed by atoms with van der Waals surface area (Å²) in [5, 5.41) is 11.4. The number of fused-ring (bicyclic) bond motifs is 2. The molecular formula is C17H16N4O2S. The first-order chi connectivity index (χ1) is 11.7. The molecule has 2 aromatic carbocycles. The standard InChI is InChI=1S/C17H16N4O2S/c1-10(16-18-19-17-21(16)20-15(22)9-24-17)11-3-4-13-8-14(23-2)6-5-12(13)7-11/h3-8,10H,9H2,1-2H3,(H,20,22). The van der Waals surface area contributed by atoms with E-state index < -0.39 is 0 Å². The molecule has 0 bridgehead atoms. The first-order valence-corrected chi connectivity index (χ1v) is 8.60. The Bertz CT molecular complexity index is 937. The first-order valence-electron chi connectivity index (χ1n) is 7.61. The van der Waals surface area contributed by atoms with Gasteiger partial charge >= 0.3 is 0 Å². The summed E-state index contributed by atoms with van der Waals surface area (Å²) in [6.07, 6.45) is 0. The number of thioether (sulfide) groups is 1. The number of carbonyl (C=O) groups is 1. The van der Waals surface area contributed by atoms with E-state index >= 15 is 0 Å². The molecule has 0 radical (unpaired) electrons. The monoisotopic (exact) mass is 340 g/mol. The van der Waals surface area contributed by atoms with Crippen molar-refractivity contribution in [2.45, 2.75) is 18.0 Å². The van der Waals surface area contributed by atoms with Gasteiger partial charge in [0, 0.05) is 5.92 Å². The van der Waals surface area contributed by atoms with Crippen LogP contribution in [0.4, 0.5) is 0 Å². The van der Waals surface area contributed by atoms with E-state index in [0.717, 1.165) is 33.1 Å². The fourth-order valence-corrected chi connectivity index (χ4v) is 3.53. The molecule has 2 heterocycles. The van der Waals surface area contributed by atoms with E-state index in [-0.39, 0.29) is 11.8 Å². The van der Waals surface area contributed by atoms with Gasteiger partial charge in [0.25, 0.3) is 0 Å². The second-order valence-corrected chi connectivity index (χ2v) is 6.64. The zero-order chi connectivity index (χ0) is 16.7. The Morgan fingerprint density at radius 2 is 2.00 bits per heavy atom. The molecule has 0 aliphatic carbocycles. The maximum Gasteiger partial charge on any atom is 0.249 e. The molecule has 1 unspecified atom stereocenters. The Hall–Kier alpha value is -2.54. The minimum absolute atomic E-state index is 0.0109. The topological polar surface area (TPSA) is 69.0 Å². The van der Waals surface area contributed by atoms with Gasteiger partial charge in [0.1, 0.15) is 5.75 Å². The van der Waals surface area contributed by atoms with Crippen LogP contribution in [0.5, 0.6) is 5.75 Å². The molecule has 7 heteroatoms. The second kappa shape index (κ2) is 5.83. The van der Waals surface area contributed by atoms with Crippen molar-refractivity contribution >= 4 is 28.4 Å². The molecule has 1 N–H and O–H groups in total. The van der Waals surface area contributed by atoms with Crippen LogP contribution in [0.15, 0.2) is 41.6 Å². The van der Waals surface area contributed by atoms with Crippen LogP contribution in [0.1, 0.15) is 24.2 Å². The summed E-state index contributed by atoms with van der Waals surface area (Å²) in [5.74, 6) is 1.93. The van der Waals surface area contributed by atoms with Crippen LogP contribution >= 0.6 is 11.8 Å². The van der Waals surface area contributed by atoms with E-state index in [1.165, 1.54) is 11.8 Å². The molecule has 4 rings (SSSR count). The third-order valence-electron chi connectivity index (χ3n) is 4.19.